The van der Waals surface area contributed by atoms with E-state index in [1.54, 1.807) is 36.6 Å². The minimum absolute atomic E-state index is 0.169. The standard InChI is InChI=1S/C23H22N4O3S/c1-13-9-14(2)11-17(10-13)27-22(29)18-7-5-6-8-19(18)24-23(27)31-16(4)21(28)25-20-12-15(3)30-26-20/h5-12,16H,1-4H3,(H,25,26,28). The summed E-state index contributed by atoms with van der Waals surface area (Å²) >= 11 is 1.22. The van der Waals surface area contributed by atoms with Crippen molar-refractivity contribution < 1.29 is 9.32 Å². The number of nitrogens with one attached hydrogen (secondary N) is 1. The molecule has 2 aromatic heterocycles. The van der Waals surface area contributed by atoms with Crippen molar-refractivity contribution in [2.45, 2.75) is 38.1 Å². The molecule has 0 aliphatic heterocycles. The van der Waals surface area contributed by atoms with Gasteiger partial charge in [-0.15, -0.1) is 0 Å². The quantitative estimate of drug-likeness (QED) is 0.369. The molecule has 1 N–H and O–H groups in total. The van der Waals surface area contributed by atoms with Crippen LogP contribution in [0.4, 0.5) is 5.82 Å². The number of benzene rings is 2. The molecule has 1 atom stereocenters. The zero-order chi connectivity index (χ0) is 22.1. The van der Waals surface area contributed by atoms with Gasteiger partial charge in [0.1, 0.15) is 5.76 Å². The number of aryl methyl sites for hydroxylation is 3. The molecule has 8 heteroatoms. The van der Waals surface area contributed by atoms with E-state index in [1.807, 2.05) is 44.2 Å². The predicted molar refractivity (Wildman–Crippen MR) is 122 cm³/mol. The first kappa shape index (κ1) is 20.9. The summed E-state index contributed by atoms with van der Waals surface area (Å²) in [6.07, 6.45) is 0. The fourth-order valence-electron chi connectivity index (χ4n) is 3.36. The van der Waals surface area contributed by atoms with Crippen molar-refractivity contribution in [1.82, 2.24) is 14.7 Å². The number of amides is 1. The number of hydrogen-bond acceptors (Lipinski definition) is 6. The molecule has 0 spiro atoms. The predicted octanol–water partition coefficient (Wildman–Crippen LogP) is 4.42. The Bertz CT molecular complexity index is 1320. The molecule has 0 aliphatic rings. The third-order valence-corrected chi connectivity index (χ3v) is 5.79. The summed E-state index contributed by atoms with van der Waals surface area (Å²) in [6, 6.07) is 14.8. The number of nitrogens with zero attached hydrogens (tertiary/aromatic N) is 3. The van der Waals surface area contributed by atoms with Gasteiger partial charge < -0.3 is 9.84 Å². The van der Waals surface area contributed by atoms with Crippen LogP contribution in [0.1, 0.15) is 23.8 Å². The molecule has 0 radical (unpaired) electrons. The Morgan fingerprint density at radius 1 is 1.10 bits per heavy atom. The summed E-state index contributed by atoms with van der Waals surface area (Å²) in [6.45, 7) is 7.49. The maximum absolute atomic E-state index is 13.4. The average Bonchev–Trinajstić information content (AvgIpc) is 3.12. The van der Waals surface area contributed by atoms with Crippen molar-refractivity contribution in [3.8, 4) is 5.69 Å². The van der Waals surface area contributed by atoms with Crippen LogP contribution in [0.2, 0.25) is 0 Å². The Balaban J connectivity index is 1.77. The van der Waals surface area contributed by atoms with Gasteiger partial charge in [0, 0.05) is 6.07 Å². The zero-order valence-electron chi connectivity index (χ0n) is 17.7. The SMILES string of the molecule is Cc1cc(C)cc(-n2c(SC(C)C(=O)Nc3cc(C)on3)nc3ccccc3c2=O)c1. The Morgan fingerprint density at radius 3 is 2.48 bits per heavy atom. The van der Waals surface area contributed by atoms with Crippen LogP contribution in [0.5, 0.6) is 0 Å². The second-order valence-electron chi connectivity index (χ2n) is 7.47. The second kappa shape index (κ2) is 8.39. The number of hydrogen-bond donors (Lipinski definition) is 1. The van der Waals surface area contributed by atoms with Gasteiger partial charge in [0.15, 0.2) is 11.0 Å². The van der Waals surface area contributed by atoms with Crippen LogP contribution in [-0.4, -0.2) is 25.9 Å². The van der Waals surface area contributed by atoms with Gasteiger partial charge >= 0.3 is 0 Å². The lowest BCUT2D eigenvalue weighted by molar-refractivity contribution is -0.115. The molecule has 0 fully saturated rings. The largest absolute Gasteiger partial charge is 0.360 e. The van der Waals surface area contributed by atoms with Crippen LogP contribution in [-0.2, 0) is 4.79 Å². The van der Waals surface area contributed by atoms with Crippen LogP contribution in [0.25, 0.3) is 16.6 Å². The van der Waals surface area contributed by atoms with Crippen molar-refractivity contribution in [3.63, 3.8) is 0 Å². The molecule has 0 saturated carbocycles. The Kier molecular flexibility index (Phi) is 5.65. The fraction of sp³-hybridized carbons (Fsp3) is 0.217. The van der Waals surface area contributed by atoms with E-state index >= 15 is 0 Å². The number of carbonyl (C=O) groups is 1. The van der Waals surface area contributed by atoms with Crippen LogP contribution < -0.4 is 10.9 Å². The summed E-state index contributed by atoms with van der Waals surface area (Å²) in [5, 5.41) is 6.98. The molecule has 4 rings (SSSR count). The Hall–Kier alpha value is -3.39. The van der Waals surface area contributed by atoms with Gasteiger partial charge in [-0.2, -0.15) is 0 Å². The monoisotopic (exact) mass is 434 g/mol. The maximum Gasteiger partial charge on any atom is 0.266 e. The van der Waals surface area contributed by atoms with Gasteiger partial charge in [0.05, 0.1) is 21.8 Å². The van der Waals surface area contributed by atoms with E-state index in [4.69, 9.17) is 9.51 Å². The summed E-state index contributed by atoms with van der Waals surface area (Å²) in [5.41, 5.74) is 3.23. The lowest BCUT2D eigenvalue weighted by Crippen LogP contribution is -2.26. The number of aromatic nitrogens is 3. The highest BCUT2D eigenvalue weighted by atomic mass is 32.2. The van der Waals surface area contributed by atoms with Crippen molar-refractivity contribution in [2.75, 3.05) is 5.32 Å². The first-order valence-corrected chi connectivity index (χ1v) is 10.7. The molecular formula is C23H22N4O3S. The molecule has 31 heavy (non-hydrogen) atoms. The number of carbonyl (C=O) groups excluding carboxylic acids is 1. The number of rotatable bonds is 5. The molecule has 7 nitrogen and oxygen atoms in total. The third-order valence-electron chi connectivity index (χ3n) is 4.74. The van der Waals surface area contributed by atoms with Crippen LogP contribution in [0.3, 0.4) is 0 Å². The Morgan fingerprint density at radius 2 is 1.81 bits per heavy atom. The summed E-state index contributed by atoms with van der Waals surface area (Å²) in [4.78, 5) is 30.8. The van der Waals surface area contributed by atoms with Crippen LogP contribution in [0, 0.1) is 20.8 Å². The van der Waals surface area contributed by atoms with Gasteiger partial charge in [-0.25, -0.2) is 4.98 Å². The highest BCUT2D eigenvalue weighted by Crippen LogP contribution is 2.26. The number of anilines is 1. The van der Waals surface area contributed by atoms with E-state index < -0.39 is 5.25 Å². The first-order valence-electron chi connectivity index (χ1n) is 9.83. The summed E-state index contributed by atoms with van der Waals surface area (Å²) in [7, 11) is 0. The number of fused-ring (bicyclic) bond motifs is 1. The average molecular weight is 435 g/mol. The highest BCUT2D eigenvalue weighted by Gasteiger charge is 2.21. The lowest BCUT2D eigenvalue weighted by Gasteiger charge is -2.17. The van der Waals surface area contributed by atoms with Crippen LogP contribution in [0.15, 0.2) is 63.0 Å². The van der Waals surface area contributed by atoms with Crippen molar-refractivity contribution in [1.29, 1.82) is 0 Å². The third kappa shape index (κ3) is 4.39. The first-order chi connectivity index (χ1) is 14.8. The molecule has 158 valence electrons. The van der Waals surface area contributed by atoms with E-state index in [0.29, 0.717) is 27.6 Å². The smallest absolute Gasteiger partial charge is 0.266 e. The van der Waals surface area contributed by atoms with Gasteiger partial charge in [-0.05, 0) is 63.1 Å². The Labute approximate surface area is 183 Å². The van der Waals surface area contributed by atoms with E-state index in [2.05, 4.69) is 10.5 Å². The normalized spacial score (nSPS) is 12.1. The van der Waals surface area contributed by atoms with Gasteiger partial charge in [-0.1, -0.05) is 35.1 Å². The van der Waals surface area contributed by atoms with Crippen molar-refractivity contribution in [3.05, 3.63) is 75.8 Å². The van der Waals surface area contributed by atoms with Crippen molar-refractivity contribution in [2.24, 2.45) is 0 Å². The highest BCUT2D eigenvalue weighted by molar-refractivity contribution is 8.00. The minimum atomic E-state index is -0.526. The van der Waals surface area contributed by atoms with E-state index in [0.717, 1.165) is 16.8 Å². The van der Waals surface area contributed by atoms with Gasteiger partial charge in [0.2, 0.25) is 5.91 Å². The molecule has 2 heterocycles. The molecule has 1 unspecified atom stereocenters. The molecule has 0 aliphatic carbocycles. The number of thioether (sulfide) groups is 1. The maximum atomic E-state index is 13.4. The van der Waals surface area contributed by atoms with E-state index in [1.165, 1.54) is 11.8 Å². The zero-order valence-corrected chi connectivity index (χ0v) is 18.5. The summed E-state index contributed by atoms with van der Waals surface area (Å²) < 4.78 is 6.58. The second-order valence-corrected chi connectivity index (χ2v) is 8.78. The van der Waals surface area contributed by atoms with Crippen molar-refractivity contribution >= 4 is 34.4 Å². The van der Waals surface area contributed by atoms with Gasteiger partial charge in [-0.3, -0.25) is 14.2 Å². The van der Waals surface area contributed by atoms with E-state index in [9.17, 15) is 9.59 Å². The molecule has 1 amide bonds. The lowest BCUT2D eigenvalue weighted by atomic mass is 10.1. The number of para-hydroxylation sites is 1. The summed E-state index contributed by atoms with van der Waals surface area (Å²) in [5.74, 6) is 0.705. The van der Waals surface area contributed by atoms with Gasteiger partial charge in [0.25, 0.3) is 5.56 Å². The molecule has 0 saturated heterocycles. The van der Waals surface area contributed by atoms with Crippen LogP contribution >= 0.6 is 11.8 Å². The minimum Gasteiger partial charge on any atom is -0.360 e. The molecule has 4 aromatic rings. The molecular weight excluding hydrogens is 412 g/mol. The topological polar surface area (TPSA) is 90.0 Å². The molecule has 2 aromatic carbocycles. The van der Waals surface area contributed by atoms with E-state index in [-0.39, 0.29) is 11.5 Å². The molecule has 0 bridgehead atoms. The fourth-order valence-corrected chi connectivity index (χ4v) is 4.29.